The average Bonchev–Trinajstić information content (AvgIpc) is 3.17. The van der Waals surface area contributed by atoms with Gasteiger partial charge in [0, 0.05) is 17.7 Å². The summed E-state index contributed by atoms with van der Waals surface area (Å²) in [6, 6.07) is 6.18. The first-order valence-electron chi connectivity index (χ1n) is 8.72. The average molecular weight is 354 g/mol. The van der Waals surface area contributed by atoms with Crippen LogP contribution in [0.4, 0.5) is 10.3 Å². The van der Waals surface area contributed by atoms with E-state index < -0.39 is 0 Å². The number of fused-ring (bicyclic) bond motifs is 1. The maximum Gasteiger partial charge on any atom is 0.278 e. The summed E-state index contributed by atoms with van der Waals surface area (Å²) >= 11 is 0. The van der Waals surface area contributed by atoms with Gasteiger partial charge >= 0.3 is 0 Å². The number of H-pyrrole nitrogens is 2. The molecule has 0 spiro atoms. The summed E-state index contributed by atoms with van der Waals surface area (Å²) in [4.78, 5) is 16.8. The number of hydrogen-bond donors (Lipinski definition) is 3. The molecule has 8 heteroatoms. The van der Waals surface area contributed by atoms with Gasteiger partial charge in [-0.2, -0.15) is 10.1 Å². The van der Waals surface area contributed by atoms with Crippen LogP contribution in [-0.4, -0.2) is 31.3 Å². The van der Waals surface area contributed by atoms with Crippen molar-refractivity contribution in [2.45, 2.75) is 38.5 Å². The molecule has 1 amide bonds. The number of aryl methyl sites for hydroxylation is 1. The first kappa shape index (κ1) is 16.4. The maximum absolute atomic E-state index is 13.0. The summed E-state index contributed by atoms with van der Waals surface area (Å²) in [5.41, 5.74) is 3.38. The Hall–Kier alpha value is -3.03. The maximum atomic E-state index is 13.0. The van der Waals surface area contributed by atoms with Crippen molar-refractivity contribution in [1.29, 1.82) is 0 Å². The highest BCUT2D eigenvalue weighted by Crippen LogP contribution is 2.22. The molecule has 0 saturated carbocycles. The van der Waals surface area contributed by atoms with Gasteiger partial charge in [-0.1, -0.05) is 18.6 Å². The number of carbonyl (C=O) groups is 1. The summed E-state index contributed by atoms with van der Waals surface area (Å²) in [5, 5.41) is 16.7. The molecule has 2 heterocycles. The van der Waals surface area contributed by atoms with Gasteiger partial charge in [0.1, 0.15) is 11.6 Å². The standard InChI is InChI=1S/C18H19FN6O/c19-12-8-6-11(7-9-12)10-15-20-18(25-23-15)21-17(26)16-13-4-2-1-3-5-14(13)22-24-16/h6-9H,1-5,10H2,(H,22,24)(H2,20,21,23,25,26). The Balaban J connectivity index is 1.45. The van der Waals surface area contributed by atoms with Crippen LogP contribution in [0.3, 0.4) is 0 Å². The monoisotopic (exact) mass is 354 g/mol. The van der Waals surface area contributed by atoms with Gasteiger partial charge in [0.25, 0.3) is 5.91 Å². The molecule has 3 N–H and O–H groups in total. The number of benzene rings is 1. The second-order valence-electron chi connectivity index (χ2n) is 6.45. The lowest BCUT2D eigenvalue weighted by Gasteiger charge is -2.01. The van der Waals surface area contributed by atoms with Crippen LogP contribution in [0.5, 0.6) is 0 Å². The number of rotatable bonds is 4. The van der Waals surface area contributed by atoms with E-state index >= 15 is 0 Å². The van der Waals surface area contributed by atoms with E-state index in [1.165, 1.54) is 12.1 Å². The Kier molecular flexibility index (Phi) is 4.47. The minimum atomic E-state index is -0.309. The van der Waals surface area contributed by atoms with Crippen molar-refractivity contribution >= 4 is 11.9 Å². The van der Waals surface area contributed by atoms with Crippen LogP contribution >= 0.6 is 0 Å². The highest BCUT2D eigenvalue weighted by Gasteiger charge is 2.21. The molecule has 0 saturated heterocycles. The topological polar surface area (TPSA) is 99.3 Å². The molecule has 0 fully saturated rings. The lowest BCUT2D eigenvalue weighted by atomic mass is 10.1. The fraction of sp³-hybridized carbons (Fsp3) is 0.333. The molecule has 7 nitrogen and oxygen atoms in total. The van der Waals surface area contributed by atoms with Crippen LogP contribution < -0.4 is 5.32 Å². The Bertz CT molecular complexity index is 914. The predicted octanol–water partition coefficient (Wildman–Crippen LogP) is 2.78. The zero-order valence-electron chi connectivity index (χ0n) is 14.2. The molecule has 3 aromatic rings. The summed E-state index contributed by atoms with van der Waals surface area (Å²) in [5.74, 6) is 0.208. The van der Waals surface area contributed by atoms with Gasteiger partial charge in [-0.05, 0) is 43.4 Å². The van der Waals surface area contributed by atoms with Crippen LogP contribution in [0.15, 0.2) is 24.3 Å². The molecule has 26 heavy (non-hydrogen) atoms. The SMILES string of the molecule is O=C(Nc1n[nH]c(Cc2ccc(F)cc2)n1)c1n[nH]c2c1CCCCC2. The minimum absolute atomic E-state index is 0.206. The van der Waals surface area contributed by atoms with Crippen LogP contribution in [-0.2, 0) is 19.3 Å². The van der Waals surface area contributed by atoms with Gasteiger partial charge in [0.2, 0.25) is 5.95 Å². The summed E-state index contributed by atoms with van der Waals surface area (Å²) in [7, 11) is 0. The Morgan fingerprint density at radius 2 is 1.88 bits per heavy atom. The lowest BCUT2D eigenvalue weighted by Crippen LogP contribution is -2.15. The molecule has 0 unspecified atom stereocenters. The third kappa shape index (κ3) is 3.49. The number of amides is 1. The first-order valence-corrected chi connectivity index (χ1v) is 8.72. The van der Waals surface area contributed by atoms with E-state index in [2.05, 4.69) is 30.7 Å². The van der Waals surface area contributed by atoms with Gasteiger partial charge in [0.05, 0.1) is 0 Å². The summed E-state index contributed by atoms with van der Waals surface area (Å²) in [6.07, 6.45) is 5.61. The number of aromatic amines is 2. The number of aromatic nitrogens is 5. The van der Waals surface area contributed by atoms with Crippen molar-refractivity contribution in [3.05, 3.63) is 58.4 Å². The molecule has 1 aromatic carbocycles. The number of halogens is 1. The van der Waals surface area contributed by atoms with Gasteiger partial charge in [-0.15, -0.1) is 5.10 Å². The van der Waals surface area contributed by atoms with Crippen molar-refractivity contribution in [2.24, 2.45) is 0 Å². The first-order chi connectivity index (χ1) is 12.7. The fourth-order valence-electron chi connectivity index (χ4n) is 3.23. The van der Waals surface area contributed by atoms with Crippen molar-refractivity contribution in [1.82, 2.24) is 25.4 Å². The predicted molar refractivity (Wildman–Crippen MR) is 93.4 cm³/mol. The van der Waals surface area contributed by atoms with E-state index in [9.17, 15) is 9.18 Å². The normalized spacial score (nSPS) is 13.9. The van der Waals surface area contributed by atoms with E-state index in [1.807, 2.05) is 0 Å². The molecule has 0 aliphatic heterocycles. The quantitative estimate of drug-likeness (QED) is 0.627. The molecule has 0 bridgehead atoms. The van der Waals surface area contributed by atoms with Crippen molar-refractivity contribution in [3.8, 4) is 0 Å². The fourth-order valence-corrected chi connectivity index (χ4v) is 3.23. The number of nitrogens with zero attached hydrogens (tertiary/aromatic N) is 3. The molecule has 2 aromatic heterocycles. The van der Waals surface area contributed by atoms with Crippen molar-refractivity contribution < 1.29 is 9.18 Å². The zero-order valence-corrected chi connectivity index (χ0v) is 14.2. The smallest absolute Gasteiger partial charge is 0.278 e. The van der Waals surface area contributed by atoms with Gasteiger partial charge in [0.15, 0.2) is 5.69 Å². The van der Waals surface area contributed by atoms with E-state index in [4.69, 9.17) is 0 Å². The molecular weight excluding hydrogens is 335 g/mol. The molecule has 4 rings (SSSR count). The summed E-state index contributed by atoms with van der Waals surface area (Å²) in [6.45, 7) is 0. The molecule has 1 aliphatic rings. The van der Waals surface area contributed by atoms with Crippen LogP contribution in [0.1, 0.15) is 52.4 Å². The Morgan fingerprint density at radius 1 is 1.08 bits per heavy atom. The second kappa shape index (κ2) is 7.07. The minimum Gasteiger partial charge on any atom is -0.288 e. The molecular formula is C18H19FN6O. The second-order valence-corrected chi connectivity index (χ2v) is 6.45. The largest absolute Gasteiger partial charge is 0.288 e. The lowest BCUT2D eigenvalue weighted by molar-refractivity contribution is 0.102. The van der Waals surface area contributed by atoms with E-state index in [1.54, 1.807) is 12.1 Å². The third-order valence-corrected chi connectivity index (χ3v) is 4.56. The number of hydrogen-bond acceptors (Lipinski definition) is 4. The van der Waals surface area contributed by atoms with Gasteiger partial charge < -0.3 is 0 Å². The molecule has 1 aliphatic carbocycles. The van der Waals surface area contributed by atoms with Crippen LogP contribution in [0.2, 0.25) is 0 Å². The highest BCUT2D eigenvalue weighted by molar-refractivity contribution is 6.03. The molecule has 134 valence electrons. The Morgan fingerprint density at radius 3 is 2.73 bits per heavy atom. The van der Waals surface area contributed by atoms with Crippen molar-refractivity contribution in [3.63, 3.8) is 0 Å². The number of anilines is 1. The van der Waals surface area contributed by atoms with Crippen LogP contribution in [0.25, 0.3) is 0 Å². The van der Waals surface area contributed by atoms with Gasteiger partial charge in [-0.3, -0.25) is 20.3 Å². The zero-order chi connectivity index (χ0) is 17.9. The van der Waals surface area contributed by atoms with E-state index in [0.29, 0.717) is 17.9 Å². The van der Waals surface area contributed by atoms with Crippen LogP contribution in [0, 0.1) is 5.82 Å². The van der Waals surface area contributed by atoms with E-state index in [-0.39, 0.29) is 17.7 Å². The van der Waals surface area contributed by atoms with E-state index in [0.717, 1.165) is 48.9 Å². The molecule has 0 radical (unpaired) electrons. The van der Waals surface area contributed by atoms with Gasteiger partial charge in [-0.25, -0.2) is 4.39 Å². The summed E-state index contributed by atoms with van der Waals surface area (Å²) < 4.78 is 13.0. The molecule has 0 atom stereocenters. The number of carbonyl (C=O) groups excluding carboxylic acids is 1. The van der Waals surface area contributed by atoms with Crippen molar-refractivity contribution in [2.75, 3.05) is 5.32 Å². The highest BCUT2D eigenvalue weighted by atomic mass is 19.1. The number of nitrogens with one attached hydrogen (secondary N) is 3. The Labute approximate surface area is 149 Å². The third-order valence-electron chi connectivity index (χ3n) is 4.56.